The summed E-state index contributed by atoms with van der Waals surface area (Å²) >= 11 is 0. The second-order valence-corrected chi connectivity index (χ2v) is 8.51. The third kappa shape index (κ3) is 5.39. The van der Waals surface area contributed by atoms with Gasteiger partial charge in [0.2, 0.25) is 5.91 Å². The number of carbonyl (C=O) groups is 1. The fourth-order valence-corrected chi connectivity index (χ4v) is 4.11. The lowest BCUT2D eigenvalue weighted by atomic mass is 10.0. The second kappa shape index (κ2) is 9.18. The normalized spacial score (nSPS) is 16.9. The van der Waals surface area contributed by atoms with Crippen LogP contribution in [0.4, 0.5) is 24.7 Å². The van der Waals surface area contributed by atoms with Crippen LogP contribution in [-0.2, 0) is 17.4 Å². The number of nitrogens with zero attached hydrogens (tertiary/aromatic N) is 2. The van der Waals surface area contributed by atoms with Crippen LogP contribution >= 0.6 is 0 Å². The highest BCUT2D eigenvalue weighted by Gasteiger charge is 2.29. The lowest BCUT2D eigenvalue weighted by Gasteiger charge is -2.32. The Balaban J connectivity index is 1.36. The Hall–Kier alpha value is -3.09. The van der Waals surface area contributed by atoms with Gasteiger partial charge in [-0.1, -0.05) is 19.1 Å². The molecule has 7 heteroatoms. The van der Waals surface area contributed by atoms with Crippen molar-refractivity contribution in [2.24, 2.45) is 5.92 Å². The minimum atomic E-state index is -4.35. The molecule has 32 heavy (non-hydrogen) atoms. The van der Waals surface area contributed by atoms with E-state index in [4.69, 9.17) is 4.98 Å². The molecule has 2 heterocycles. The van der Waals surface area contributed by atoms with E-state index >= 15 is 0 Å². The van der Waals surface area contributed by atoms with Crippen molar-refractivity contribution in [2.45, 2.75) is 38.8 Å². The second-order valence-electron chi connectivity index (χ2n) is 8.51. The SMILES string of the molecule is C[C@@H]1CCCN(c2ccc3cc(NC(=O)CCc4ccc(C(F)(F)F)cc4)ccc3n2)C1. The maximum Gasteiger partial charge on any atom is 0.416 e. The number of anilines is 2. The zero-order chi connectivity index (χ0) is 22.7. The minimum Gasteiger partial charge on any atom is -0.356 e. The highest BCUT2D eigenvalue weighted by molar-refractivity contribution is 5.94. The van der Waals surface area contributed by atoms with E-state index in [1.807, 2.05) is 30.3 Å². The van der Waals surface area contributed by atoms with Crippen molar-refractivity contribution in [1.82, 2.24) is 4.98 Å². The van der Waals surface area contributed by atoms with Gasteiger partial charge in [-0.2, -0.15) is 13.2 Å². The zero-order valence-corrected chi connectivity index (χ0v) is 18.0. The van der Waals surface area contributed by atoms with Crippen LogP contribution in [0.1, 0.15) is 37.3 Å². The number of aryl methyl sites for hydroxylation is 1. The van der Waals surface area contributed by atoms with Crippen LogP contribution in [0.3, 0.4) is 0 Å². The molecule has 0 unspecified atom stereocenters. The monoisotopic (exact) mass is 441 g/mol. The summed E-state index contributed by atoms with van der Waals surface area (Å²) in [6.45, 7) is 4.31. The maximum atomic E-state index is 12.6. The fourth-order valence-electron chi connectivity index (χ4n) is 4.11. The van der Waals surface area contributed by atoms with Gasteiger partial charge in [-0.15, -0.1) is 0 Å². The van der Waals surface area contributed by atoms with Crippen molar-refractivity contribution in [3.05, 3.63) is 65.7 Å². The van der Waals surface area contributed by atoms with Gasteiger partial charge in [-0.3, -0.25) is 4.79 Å². The predicted octanol–water partition coefficient (Wildman–Crippen LogP) is 6.06. The van der Waals surface area contributed by atoms with Gasteiger partial charge < -0.3 is 10.2 Å². The molecule has 1 N–H and O–H groups in total. The number of piperidine rings is 1. The first kappa shape index (κ1) is 22.1. The molecule has 2 aromatic carbocycles. The van der Waals surface area contributed by atoms with E-state index in [9.17, 15) is 18.0 Å². The van der Waals surface area contributed by atoms with Crippen molar-refractivity contribution in [3.63, 3.8) is 0 Å². The summed E-state index contributed by atoms with van der Waals surface area (Å²) in [5.74, 6) is 1.47. The van der Waals surface area contributed by atoms with Gasteiger partial charge in [0.25, 0.3) is 0 Å². The first-order valence-electron chi connectivity index (χ1n) is 10.9. The molecular weight excluding hydrogens is 415 g/mol. The summed E-state index contributed by atoms with van der Waals surface area (Å²) in [4.78, 5) is 19.4. The third-order valence-electron chi connectivity index (χ3n) is 5.86. The van der Waals surface area contributed by atoms with Gasteiger partial charge in [0, 0.05) is 30.6 Å². The summed E-state index contributed by atoms with van der Waals surface area (Å²) in [5.41, 5.74) is 1.56. The quantitative estimate of drug-likeness (QED) is 0.523. The Morgan fingerprint density at radius 2 is 1.91 bits per heavy atom. The first-order valence-corrected chi connectivity index (χ1v) is 10.9. The summed E-state index contributed by atoms with van der Waals surface area (Å²) in [7, 11) is 0. The van der Waals surface area contributed by atoms with Crippen molar-refractivity contribution in [2.75, 3.05) is 23.3 Å². The number of pyridine rings is 1. The van der Waals surface area contributed by atoms with Crippen molar-refractivity contribution < 1.29 is 18.0 Å². The Labute approximate surface area is 185 Å². The maximum absolute atomic E-state index is 12.6. The Kier molecular flexibility index (Phi) is 6.35. The number of carbonyl (C=O) groups excluding carboxylic acids is 1. The average Bonchev–Trinajstić information content (AvgIpc) is 2.77. The highest BCUT2D eigenvalue weighted by atomic mass is 19.4. The molecule has 0 bridgehead atoms. The van der Waals surface area contributed by atoms with Gasteiger partial charge >= 0.3 is 6.18 Å². The predicted molar refractivity (Wildman–Crippen MR) is 121 cm³/mol. The van der Waals surface area contributed by atoms with Gasteiger partial charge in [-0.05, 0) is 73.2 Å². The number of aromatic nitrogens is 1. The van der Waals surface area contributed by atoms with Crippen LogP contribution in [0.2, 0.25) is 0 Å². The van der Waals surface area contributed by atoms with E-state index in [1.165, 1.54) is 25.0 Å². The van der Waals surface area contributed by atoms with Crippen LogP contribution < -0.4 is 10.2 Å². The molecule has 1 aliphatic heterocycles. The molecule has 168 valence electrons. The van der Waals surface area contributed by atoms with Gasteiger partial charge in [0.1, 0.15) is 5.82 Å². The lowest BCUT2D eigenvalue weighted by Crippen LogP contribution is -2.34. The third-order valence-corrected chi connectivity index (χ3v) is 5.86. The average molecular weight is 441 g/mol. The molecule has 1 aromatic heterocycles. The van der Waals surface area contributed by atoms with Crippen molar-refractivity contribution in [1.29, 1.82) is 0 Å². The summed E-state index contributed by atoms with van der Waals surface area (Å²) < 4.78 is 37.9. The Morgan fingerprint density at radius 1 is 1.12 bits per heavy atom. The molecule has 4 nitrogen and oxygen atoms in total. The molecule has 0 saturated carbocycles. The summed E-state index contributed by atoms with van der Waals surface area (Å²) in [6.07, 6.45) is -1.36. The number of fused-ring (bicyclic) bond motifs is 1. The Bertz CT molecular complexity index is 1100. The molecule has 0 aliphatic carbocycles. The van der Waals surface area contributed by atoms with Crippen LogP contribution in [-0.4, -0.2) is 24.0 Å². The largest absolute Gasteiger partial charge is 0.416 e. The summed E-state index contributed by atoms with van der Waals surface area (Å²) in [6, 6.07) is 14.6. The molecule has 0 spiro atoms. The highest BCUT2D eigenvalue weighted by Crippen LogP contribution is 2.29. The Morgan fingerprint density at radius 3 is 2.62 bits per heavy atom. The van der Waals surface area contributed by atoms with Crippen LogP contribution in [0.25, 0.3) is 10.9 Å². The van der Waals surface area contributed by atoms with Crippen molar-refractivity contribution in [3.8, 4) is 0 Å². The number of hydrogen-bond acceptors (Lipinski definition) is 3. The first-order chi connectivity index (χ1) is 15.3. The van der Waals surface area contributed by atoms with E-state index in [0.29, 0.717) is 23.6 Å². The molecule has 1 atom stereocenters. The minimum absolute atomic E-state index is 0.184. The zero-order valence-electron chi connectivity index (χ0n) is 18.0. The molecular formula is C25H26F3N3O. The number of benzene rings is 2. The van der Waals surface area contributed by atoms with Gasteiger partial charge in [0.05, 0.1) is 11.1 Å². The van der Waals surface area contributed by atoms with E-state index in [-0.39, 0.29) is 12.3 Å². The van der Waals surface area contributed by atoms with E-state index < -0.39 is 11.7 Å². The van der Waals surface area contributed by atoms with Gasteiger partial charge in [-0.25, -0.2) is 4.98 Å². The molecule has 1 aliphatic rings. The van der Waals surface area contributed by atoms with E-state index in [2.05, 4.69) is 17.1 Å². The standard InChI is InChI=1S/C25H26F3N3O/c1-17-3-2-14-31(16-17)23-12-7-19-15-21(10-11-22(19)30-23)29-24(32)13-6-18-4-8-20(9-5-18)25(26,27)28/h4-5,7-12,15,17H,2-3,6,13-14,16H2,1H3,(H,29,32)/t17-/m1/s1. The lowest BCUT2D eigenvalue weighted by molar-refractivity contribution is -0.137. The number of amides is 1. The molecule has 1 amide bonds. The van der Waals surface area contributed by atoms with Crippen LogP contribution in [0.15, 0.2) is 54.6 Å². The van der Waals surface area contributed by atoms with E-state index in [1.54, 1.807) is 0 Å². The fraction of sp³-hybridized carbons (Fsp3) is 0.360. The van der Waals surface area contributed by atoms with Crippen LogP contribution in [0.5, 0.6) is 0 Å². The van der Waals surface area contributed by atoms with Crippen LogP contribution in [0, 0.1) is 5.92 Å². The van der Waals surface area contributed by atoms with Gasteiger partial charge in [0.15, 0.2) is 0 Å². The molecule has 1 fully saturated rings. The number of nitrogens with one attached hydrogen (secondary N) is 1. The molecule has 3 aromatic rings. The number of rotatable bonds is 5. The smallest absolute Gasteiger partial charge is 0.356 e. The number of alkyl halides is 3. The number of halogens is 3. The number of hydrogen-bond donors (Lipinski definition) is 1. The molecule has 1 saturated heterocycles. The molecule has 4 rings (SSSR count). The summed E-state index contributed by atoms with van der Waals surface area (Å²) in [5, 5.41) is 3.81. The molecule has 0 radical (unpaired) electrons. The topological polar surface area (TPSA) is 45.2 Å². The van der Waals surface area contributed by atoms with Crippen molar-refractivity contribution >= 4 is 28.3 Å². The van der Waals surface area contributed by atoms with E-state index in [0.717, 1.165) is 41.9 Å².